The zero-order valence-corrected chi connectivity index (χ0v) is 23.3. The van der Waals surface area contributed by atoms with Crippen LogP contribution in [0.15, 0.2) is 61.1 Å². The monoisotopic (exact) mass is 558 g/mol. The van der Waals surface area contributed by atoms with E-state index in [1.807, 2.05) is 11.1 Å². The molecule has 2 aromatic carbocycles. The van der Waals surface area contributed by atoms with E-state index in [0.717, 1.165) is 44.6 Å². The third-order valence-electron chi connectivity index (χ3n) is 8.68. The van der Waals surface area contributed by atoms with Crippen LogP contribution in [0.4, 0.5) is 8.78 Å². The molecular weight excluding hydrogens is 522 g/mol. The zero-order chi connectivity index (χ0) is 28.3. The number of aromatic nitrogens is 3. The molecule has 0 spiro atoms. The summed E-state index contributed by atoms with van der Waals surface area (Å²) in [6.45, 7) is 5.30. The van der Waals surface area contributed by atoms with Crippen molar-refractivity contribution in [3.63, 3.8) is 0 Å². The number of piperidine rings is 2. The molecule has 214 valence electrons. The van der Waals surface area contributed by atoms with Crippen molar-refractivity contribution in [3.8, 4) is 0 Å². The van der Waals surface area contributed by atoms with Gasteiger partial charge in [-0.15, -0.1) is 0 Å². The smallest absolute Gasteiger partial charge is 0.246 e. The molecule has 0 atom stereocenters. The number of amides is 1. The van der Waals surface area contributed by atoms with Crippen LogP contribution in [0.3, 0.4) is 0 Å². The number of rotatable bonds is 7. The first-order chi connectivity index (χ1) is 20.0. The minimum atomic E-state index is -0.611. The molecule has 0 bridgehead atoms. The highest BCUT2D eigenvalue weighted by atomic mass is 19.1. The lowest BCUT2D eigenvalue weighted by Crippen LogP contribution is -2.54. The van der Waals surface area contributed by atoms with Crippen molar-refractivity contribution < 1.29 is 13.6 Å². The van der Waals surface area contributed by atoms with Crippen LogP contribution in [-0.4, -0.2) is 68.0 Å². The Labute approximate surface area is 238 Å². The first-order valence-corrected chi connectivity index (χ1v) is 14.4. The minimum Gasteiger partial charge on any atom is -0.361 e. The van der Waals surface area contributed by atoms with Crippen LogP contribution < -0.4 is 0 Å². The van der Waals surface area contributed by atoms with Crippen LogP contribution in [0.5, 0.6) is 0 Å². The van der Waals surface area contributed by atoms with Crippen molar-refractivity contribution >= 4 is 22.9 Å². The Balaban J connectivity index is 1.09. The van der Waals surface area contributed by atoms with E-state index in [1.165, 1.54) is 47.7 Å². The van der Waals surface area contributed by atoms with Gasteiger partial charge in [-0.2, -0.15) is 0 Å². The van der Waals surface area contributed by atoms with Gasteiger partial charge in [0, 0.05) is 73.4 Å². The fourth-order valence-electron chi connectivity index (χ4n) is 6.28. The Morgan fingerprint density at radius 3 is 2.49 bits per heavy atom. The number of hydrogen-bond donors (Lipinski definition) is 2. The van der Waals surface area contributed by atoms with Gasteiger partial charge in [-0.1, -0.05) is 18.2 Å². The Kier molecular flexibility index (Phi) is 7.98. The van der Waals surface area contributed by atoms with Crippen LogP contribution in [0.1, 0.15) is 54.1 Å². The van der Waals surface area contributed by atoms with Gasteiger partial charge in [-0.25, -0.2) is 23.8 Å². The van der Waals surface area contributed by atoms with Gasteiger partial charge < -0.3 is 14.9 Å². The van der Waals surface area contributed by atoms with E-state index in [2.05, 4.69) is 55.4 Å². The molecule has 4 aromatic rings. The van der Waals surface area contributed by atoms with Crippen molar-refractivity contribution in [2.24, 2.45) is 0 Å². The summed E-state index contributed by atoms with van der Waals surface area (Å²) in [7, 11) is 0. The van der Waals surface area contributed by atoms with Gasteiger partial charge in [-0.3, -0.25) is 4.79 Å². The van der Waals surface area contributed by atoms with E-state index in [4.69, 9.17) is 0 Å². The largest absolute Gasteiger partial charge is 0.361 e. The summed E-state index contributed by atoms with van der Waals surface area (Å²) in [5.41, 5.74) is 2.93. The van der Waals surface area contributed by atoms with Crippen LogP contribution in [0.25, 0.3) is 17.0 Å². The molecule has 0 unspecified atom stereocenters. The third-order valence-corrected chi connectivity index (χ3v) is 8.68. The maximum Gasteiger partial charge on any atom is 0.246 e. The summed E-state index contributed by atoms with van der Waals surface area (Å²) in [5, 5.41) is 6.26. The lowest BCUT2D eigenvalue weighted by atomic mass is 9.89. The van der Waals surface area contributed by atoms with Crippen molar-refractivity contribution in [2.75, 3.05) is 26.2 Å². The van der Waals surface area contributed by atoms with E-state index in [1.54, 1.807) is 6.20 Å². The maximum absolute atomic E-state index is 13.9. The van der Waals surface area contributed by atoms with Gasteiger partial charge in [0.05, 0.1) is 6.54 Å². The SMILES string of the molecule is Cc1c(F)cc(/C=C/C(=O)N2CCC(N(Cc3ncc[nH]3)N3CCC(c4c[nH]c5ccccc45)CC3)CC2)cc1F. The second-order valence-corrected chi connectivity index (χ2v) is 11.2. The molecule has 2 fully saturated rings. The van der Waals surface area contributed by atoms with Gasteiger partial charge in [0.25, 0.3) is 0 Å². The number of imidazole rings is 1. The van der Waals surface area contributed by atoms with Gasteiger partial charge >= 0.3 is 0 Å². The minimum absolute atomic E-state index is 0.0168. The number of carbonyl (C=O) groups excluding carboxylic acids is 1. The van der Waals surface area contributed by atoms with Crippen molar-refractivity contribution in [2.45, 2.75) is 51.1 Å². The average molecular weight is 559 g/mol. The van der Waals surface area contributed by atoms with Gasteiger partial charge in [0.1, 0.15) is 17.5 Å². The average Bonchev–Trinajstić information content (AvgIpc) is 3.68. The van der Waals surface area contributed by atoms with Crippen molar-refractivity contribution in [1.82, 2.24) is 29.9 Å². The molecule has 1 amide bonds. The number of hydrazine groups is 1. The number of carbonyl (C=O) groups is 1. The molecule has 2 saturated heterocycles. The van der Waals surface area contributed by atoms with Crippen LogP contribution in [-0.2, 0) is 11.3 Å². The van der Waals surface area contributed by atoms with E-state index >= 15 is 0 Å². The molecule has 2 aliphatic rings. The zero-order valence-electron chi connectivity index (χ0n) is 23.3. The molecular formula is C32H36F2N6O. The molecule has 2 N–H and O–H groups in total. The normalized spacial score (nSPS) is 17.8. The second kappa shape index (κ2) is 12.0. The highest BCUT2D eigenvalue weighted by Gasteiger charge is 2.33. The molecule has 0 aliphatic carbocycles. The van der Waals surface area contributed by atoms with Crippen LogP contribution in [0, 0.1) is 18.6 Å². The van der Waals surface area contributed by atoms with E-state index in [9.17, 15) is 13.6 Å². The number of aromatic amines is 2. The lowest BCUT2D eigenvalue weighted by Gasteiger charge is -2.46. The molecule has 0 radical (unpaired) electrons. The fraction of sp³-hybridized carbons (Fsp3) is 0.375. The molecule has 4 heterocycles. The number of benzene rings is 2. The number of nitrogens with zero attached hydrogens (tertiary/aromatic N) is 4. The molecule has 9 heteroatoms. The summed E-state index contributed by atoms with van der Waals surface area (Å²) in [5.74, 6) is 0.0967. The molecule has 2 aliphatic heterocycles. The number of para-hydroxylation sites is 1. The number of hydrogen-bond acceptors (Lipinski definition) is 4. The lowest BCUT2D eigenvalue weighted by molar-refractivity contribution is -0.131. The van der Waals surface area contributed by atoms with E-state index < -0.39 is 11.6 Å². The quantitative estimate of drug-likeness (QED) is 0.282. The number of likely N-dealkylation sites (tertiary alicyclic amines) is 1. The number of halogens is 2. The third kappa shape index (κ3) is 5.96. The molecule has 0 saturated carbocycles. The Bertz CT molecular complexity index is 1490. The molecule has 6 rings (SSSR count). The predicted octanol–water partition coefficient (Wildman–Crippen LogP) is 5.78. The highest BCUT2D eigenvalue weighted by molar-refractivity contribution is 5.91. The Morgan fingerprint density at radius 1 is 1.05 bits per heavy atom. The summed E-state index contributed by atoms with van der Waals surface area (Å²) in [4.78, 5) is 25.9. The fourth-order valence-corrected chi connectivity index (χ4v) is 6.28. The maximum atomic E-state index is 13.9. The Hall–Kier alpha value is -3.82. The van der Waals surface area contributed by atoms with E-state index in [0.29, 0.717) is 31.1 Å². The van der Waals surface area contributed by atoms with Crippen LogP contribution >= 0.6 is 0 Å². The van der Waals surface area contributed by atoms with E-state index in [-0.39, 0.29) is 17.5 Å². The summed E-state index contributed by atoms with van der Waals surface area (Å²) in [6.07, 6.45) is 12.6. The first kappa shape index (κ1) is 27.4. The van der Waals surface area contributed by atoms with Crippen molar-refractivity contribution in [1.29, 1.82) is 0 Å². The first-order valence-electron chi connectivity index (χ1n) is 14.4. The highest BCUT2D eigenvalue weighted by Crippen LogP contribution is 2.34. The number of fused-ring (bicyclic) bond motifs is 1. The standard InChI is InChI=1S/C32H36F2N6O/c1-22-28(33)18-23(19-29(22)34)6-7-32(41)38-14-10-25(11-15-38)40(21-31-35-12-13-36-31)39-16-8-24(9-17-39)27-20-37-30-5-3-2-4-26(27)30/h2-7,12-13,18-20,24-25,37H,8-11,14-17,21H2,1H3,(H,35,36)/b7-6+. The summed E-state index contributed by atoms with van der Waals surface area (Å²) >= 11 is 0. The number of H-pyrrole nitrogens is 2. The topological polar surface area (TPSA) is 71.3 Å². The second-order valence-electron chi connectivity index (χ2n) is 11.2. The van der Waals surface area contributed by atoms with Crippen LogP contribution in [0.2, 0.25) is 0 Å². The summed E-state index contributed by atoms with van der Waals surface area (Å²) in [6, 6.07) is 11.3. The predicted molar refractivity (Wildman–Crippen MR) is 156 cm³/mol. The molecule has 7 nitrogen and oxygen atoms in total. The van der Waals surface area contributed by atoms with Gasteiger partial charge in [0.15, 0.2) is 0 Å². The van der Waals surface area contributed by atoms with Gasteiger partial charge in [-0.05, 0) is 73.9 Å². The molecule has 2 aromatic heterocycles. The summed E-state index contributed by atoms with van der Waals surface area (Å²) < 4.78 is 27.8. The van der Waals surface area contributed by atoms with Crippen molar-refractivity contribution in [3.05, 3.63) is 95.2 Å². The van der Waals surface area contributed by atoms with Gasteiger partial charge in [0.2, 0.25) is 5.91 Å². The number of nitrogens with one attached hydrogen (secondary N) is 2. The molecule has 41 heavy (non-hydrogen) atoms. The Morgan fingerprint density at radius 2 is 1.78 bits per heavy atom.